The molecule has 1 atom stereocenters. The van der Waals surface area contributed by atoms with Crippen LogP contribution in [0.15, 0.2) is 0 Å². The Labute approximate surface area is 71.7 Å². The molecule has 0 aromatic carbocycles. The van der Waals surface area contributed by atoms with Crippen LogP contribution in [0.1, 0.15) is 27.7 Å². The Kier molecular flexibility index (Phi) is 4.42. The van der Waals surface area contributed by atoms with E-state index in [-0.39, 0.29) is 22.1 Å². The molecule has 2 nitrogen and oxygen atoms in total. The number of hydrogen-bond acceptors (Lipinski definition) is 3. The van der Waals surface area contributed by atoms with Gasteiger partial charge in [-0.15, -0.1) is 0 Å². The Balaban J connectivity index is 3.93. The fourth-order valence-corrected chi connectivity index (χ4v) is 1.66. The van der Waals surface area contributed by atoms with Crippen molar-refractivity contribution >= 4 is 22.7 Å². The summed E-state index contributed by atoms with van der Waals surface area (Å²) in [6.45, 7) is 6.95. The number of rotatable bonds is 3. The highest BCUT2D eigenvalue weighted by Crippen LogP contribution is 2.15. The SMILES string of the molecule is CC(=O)SC(C)C(=O)C(C)C. The Bertz CT molecular complexity index is 163. The summed E-state index contributed by atoms with van der Waals surface area (Å²) in [5.74, 6) is 0.169. The molecule has 0 radical (unpaired) electrons. The molecular formula is C8H14O2S. The van der Waals surface area contributed by atoms with Crippen molar-refractivity contribution in [3.05, 3.63) is 0 Å². The lowest BCUT2D eigenvalue weighted by Gasteiger charge is -2.09. The van der Waals surface area contributed by atoms with E-state index in [1.807, 2.05) is 13.8 Å². The van der Waals surface area contributed by atoms with Crippen LogP contribution < -0.4 is 0 Å². The molecule has 0 heterocycles. The number of thioether (sulfide) groups is 1. The summed E-state index contributed by atoms with van der Waals surface area (Å²) in [4.78, 5) is 21.8. The molecule has 0 saturated carbocycles. The van der Waals surface area contributed by atoms with Gasteiger partial charge in [-0.2, -0.15) is 0 Å². The maximum absolute atomic E-state index is 11.2. The average Bonchev–Trinajstić information content (AvgIpc) is 1.84. The lowest BCUT2D eigenvalue weighted by Crippen LogP contribution is -2.20. The van der Waals surface area contributed by atoms with E-state index in [0.717, 1.165) is 11.8 Å². The molecule has 0 aliphatic carbocycles. The maximum atomic E-state index is 11.2. The highest BCUT2D eigenvalue weighted by Gasteiger charge is 2.17. The van der Waals surface area contributed by atoms with Gasteiger partial charge < -0.3 is 0 Å². The van der Waals surface area contributed by atoms with Crippen molar-refractivity contribution in [3.63, 3.8) is 0 Å². The van der Waals surface area contributed by atoms with Crippen molar-refractivity contribution in [2.24, 2.45) is 5.92 Å². The van der Waals surface area contributed by atoms with Crippen molar-refractivity contribution in [2.75, 3.05) is 0 Å². The zero-order valence-electron chi connectivity index (χ0n) is 7.38. The second kappa shape index (κ2) is 4.54. The van der Waals surface area contributed by atoms with Crippen LogP contribution in [0, 0.1) is 5.92 Å². The predicted octanol–water partition coefficient (Wildman–Crippen LogP) is 1.88. The smallest absolute Gasteiger partial charge is 0.186 e. The second-order valence-electron chi connectivity index (χ2n) is 2.81. The first-order valence-electron chi connectivity index (χ1n) is 3.66. The number of carbonyl (C=O) groups is 2. The summed E-state index contributed by atoms with van der Waals surface area (Å²) in [6.07, 6.45) is 0. The van der Waals surface area contributed by atoms with Crippen LogP contribution in [0.2, 0.25) is 0 Å². The summed E-state index contributed by atoms with van der Waals surface area (Å²) in [5.41, 5.74) is 0. The lowest BCUT2D eigenvalue weighted by molar-refractivity contribution is -0.121. The zero-order chi connectivity index (χ0) is 9.02. The summed E-state index contributed by atoms with van der Waals surface area (Å²) in [5, 5.41) is -0.181. The molecule has 0 aliphatic rings. The summed E-state index contributed by atoms with van der Waals surface area (Å²) in [7, 11) is 0. The van der Waals surface area contributed by atoms with Crippen LogP contribution in [0.3, 0.4) is 0 Å². The minimum Gasteiger partial charge on any atom is -0.298 e. The van der Waals surface area contributed by atoms with Crippen molar-refractivity contribution in [1.82, 2.24) is 0 Å². The minimum atomic E-state index is -0.188. The highest BCUT2D eigenvalue weighted by molar-refractivity contribution is 8.14. The van der Waals surface area contributed by atoms with Crippen LogP contribution >= 0.6 is 11.8 Å². The molecule has 0 spiro atoms. The van der Waals surface area contributed by atoms with Gasteiger partial charge in [-0.1, -0.05) is 25.6 Å². The fraction of sp³-hybridized carbons (Fsp3) is 0.750. The van der Waals surface area contributed by atoms with Gasteiger partial charge in [0.2, 0.25) is 0 Å². The standard InChI is InChI=1S/C8H14O2S/c1-5(2)8(10)6(3)11-7(4)9/h5-6H,1-4H3. The Hall–Kier alpha value is -0.310. The molecule has 3 heteroatoms. The molecule has 0 N–H and O–H groups in total. The summed E-state index contributed by atoms with van der Waals surface area (Å²) >= 11 is 1.10. The molecule has 64 valence electrons. The molecular weight excluding hydrogens is 160 g/mol. The van der Waals surface area contributed by atoms with E-state index < -0.39 is 0 Å². The Morgan fingerprint density at radius 3 is 1.91 bits per heavy atom. The molecule has 0 aromatic rings. The van der Waals surface area contributed by atoms with Crippen molar-refractivity contribution < 1.29 is 9.59 Å². The normalized spacial score (nSPS) is 13.2. The summed E-state index contributed by atoms with van der Waals surface area (Å²) in [6, 6.07) is 0. The molecule has 0 aliphatic heterocycles. The van der Waals surface area contributed by atoms with Gasteiger partial charge in [-0.25, -0.2) is 0 Å². The van der Waals surface area contributed by atoms with Crippen LogP contribution in [0.4, 0.5) is 0 Å². The van der Waals surface area contributed by atoms with Gasteiger partial charge in [0, 0.05) is 12.8 Å². The van der Waals surface area contributed by atoms with Gasteiger partial charge in [0.25, 0.3) is 0 Å². The van der Waals surface area contributed by atoms with Gasteiger partial charge in [0.05, 0.1) is 5.25 Å². The third kappa shape index (κ3) is 4.19. The van der Waals surface area contributed by atoms with Gasteiger partial charge in [0.15, 0.2) is 5.12 Å². The van der Waals surface area contributed by atoms with Crippen LogP contribution in [-0.4, -0.2) is 16.1 Å². The van der Waals surface area contributed by atoms with Crippen molar-refractivity contribution in [1.29, 1.82) is 0 Å². The van der Waals surface area contributed by atoms with Crippen molar-refractivity contribution in [2.45, 2.75) is 32.9 Å². The molecule has 1 unspecified atom stereocenters. The average molecular weight is 174 g/mol. The first kappa shape index (κ1) is 10.7. The van der Waals surface area contributed by atoms with Crippen LogP contribution in [0.25, 0.3) is 0 Å². The zero-order valence-corrected chi connectivity index (χ0v) is 8.20. The van der Waals surface area contributed by atoms with Crippen molar-refractivity contribution in [3.8, 4) is 0 Å². The number of carbonyl (C=O) groups excluding carboxylic acids is 2. The van der Waals surface area contributed by atoms with Gasteiger partial charge in [-0.3, -0.25) is 9.59 Å². The highest BCUT2D eigenvalue weighted by atomic mass is 32.2. The Morgan fingerprint density at radius 2 is 1.64 bits per heavy atom. The molecule has 0 fully saturated rings. The summed E-state index contributed by atoms with van der Waals surface area (Å²) < 4.78 is 0. The molecule has 0 rings (SSSR count). The van der Waals surface area contributed by atoms with E-state index >= 15 is 0 Å². The topological polar surface area (TPSA) is 34.1 Å². The second-order valence-corrected chi connectivity index (χ2v) is 4.33. The number of Topliss-reactive ketones (excluding diaryl/α,β-unsaturated/α-hetero) is 1. The first-order valence-corrected chi connectivity index (χ1v) is 4.54. The first-order chi connectivity index (χ1) is 4.95. The fourth-order valence-electron chi connectivity index (χ4n) is 0.776. The third-order valence-electron chi connectivity index (χ3n) is 1.31. The van der Waals surface area contributed by atoms with Crippen LogP contribution in [-0.2, 0) is 9.59 Å². The van der Waals surface area contributed by atoms with E-state index in [4.69, 9.17) is 0 Å². The van der Waals surface area contributed by atoms with E-state index in [1.54, 1.807) is 6.92 Å². The van der Waals surface area contributed by atoms with E-state index in [1.165, 1.54) is 6.92 Å². The predicted molar refractivity (Wildman–Crippen MR) is 47.6 cm³/mol. The lowest BCUT2D eigenvalue weighted by atomic mass is 10.1. The number of ketones is 1. The minimum absolute atomic E-state index is 0.00602. The molecule has 0 amide bonds. The molecule has 11 heavy (non-hydrogen) atoms. The third-order valence-corrected chi connectivity index (χ3v) is 2.23. The molecule has 0 aromatic heterocycles. The van der Waals surface area contributed by atoms with Gasteiger partial charge >= 0.3 is 0 Å². The Morgan fingerprint density at radius 1 is 1.18 bits per heavy atom. The quantitative estimate of drug-likeness (QED) is 0.655. The largest absolute Gasteiger partial charge is 0.298 e. The van der Waals surface area contributed by atoms with Gasteiger partial charge in [0.1, 0.15) is 5.78 Å². The van der Waals surface area contributed by atoms with Gasteiger partial charge in [-0.05, 0) is 6.92 Å². The monoisotopic (exact) mass is 174 g/mol. The number of hydrogen-bond donors (Lipinski definition) is 0. The maximum Gasteiger partial charge on any atom is 0.186 e. The molecule has 0 bridgehead atoms. The molecule has 0 saturated heterocycles. The van der Waals surface area contributed by atoms with E-state index in [0.29, 0.717) is 0 Å². The van der Waals surface area contributed by atoms with E-state index in [9.17, 15) is 9.59 Å². The van der Waals surface area contributed by atoms with Crippen LogP contribution in [0.5, 0.6) is 0 Å². The van der Waals surface area contributed by atoms with E-state index in [2.05, 4.69) is 0 Å².